The zero-order valence-corrected chi connectivity index (χ0v) is 11.7. The van der Waals surface area contributed by atoms with E-state index in [9.17, 15) is 22.8 Å². The molecule has 1 atom stereocenters. The predicted molar refractivity (Wildman–Crippen MR) is 67.7 cm³/mol. The van der Waals surface area contributed by atoms with Crippen molar-refractivity contribution >= 4 is 11.9 Å². The maximum absolute atomic E-state index is 11.9. The first kappa shape index (κ1) is 17.7. The Kier molecular flexibility index (Phi) is 6.94. The number of carbonyl (C=O) groups excluding carboxylic acids is 1. The van der Waals surface area contributed by atoms with Crippen molar-refractivity contribution in [2.75, 3.05) is 26.3 Å². The van der Waals surface area contributed by atoms with Gasteiger partial charge in [0.15, 0.2) is 0 Å². The first-order valence-electron chi connectivity index (χ1n) is 6.92. The minimum Gasteiger partial charge on any atom is -0.481 e. The monoisotopic (exact) mass is 311 g/mol. The summed E-state index contributed by atoms with van der Waals surface area (Å²) in [6, 6.07) is 0. The minimum atomic E-state index is -4.38. The molecule has 1 heterocycles. The van der Waals surface area contributed by atoms with E-state index in [-0.39, 0.29) is 31.3 Å². The van der Waals surface area contributed by atoms with Gasteiger partial charge in [-0.1, -0.05) is 0 Å². The van der Waals surface area contributed by atoms with Crippen LogP contribution in [0.15, 0.2) is 0 Å². The number of carboxylic acids is 1. The Balaban J connectivity index is 2.27. The Morgan fingerprint density at radius 3 is 2.57 bits per heavy atom. The van der Waals surface area contributed by atoms with Crippen LogP contribution in [0.4, 0.5) is 13.2 Å². The molecule has 1 N–H and O–H groups in total. The molecule has 21 heavy (non-hydrogen) atoms. The molecule has 8 heteroatoms. The van der Waals surface area contributed by atoms with Crippen molar-refractivity contribution in [3.63, 3.8) is 0 Å². The van der Waals surface area contributed by atoms with E-state index in [2.05, 4.69) is 4.74 Å². The van der Waals surface area contributed by atoms with Crippen LogP contribution in [0.25, 0.3) is 0 Å². The average molecular weight is 311 g/mol. The van der Waals surface area contributed by atoms with E-state index in [4.69, 9.17) is 5.11 Å². The quantitative estimate of drug-likeness (QED) is 0.763. The van der Waals surface area contributed by atoms with Crippen LogP contribution >= 0.6 is 0 Å². The summed E-state index contributed by atoms with van der Waals surface area (Å²) in [7, 11) is 0. The molecule has 1 aliphatic heterocycles. The molecule has 0 bridgehead atoms. The maximum atomic E-state index is 11.9. The third-order valence-electron chi connectivity index (χ3n) is 3.39. The van der Waals surface area contributed by atoms with Crippen molar-refractivity contribution in [2.24, 2.45) is 5.92 Å². The lowest BCUT2D eigenvalue weighted by atomic mass is 9.97. The lowest BCUT2D eigenvalue weighted by molar-refractivity contribution is -0.175. The number of aliphatic carboxylic acids is 1. The van der Waals surface area contributed by atoms with Crippen molar-refractivity contribution in [1.29, 1.82) is 0 Å². The fourth-order valence-corrected chi connectivity index (χ4v) is 2.37. The standard InChI is InChI=1S/C13H20F3NO4/c14-13(15,16)9-21-7-4-11(18)17-5-1-2-10(3-6-17)8-12(19)20/h10H,1-9H2,(H,19,20). The van der Waals surface area contributed by atoms with E-state index in [0.717, 1.165) is 6.42 Å². The fraction of sp³-hybridized carbons (Fsp3) is 0.846. The van der Waals surface area contributed by atoms with E-state index < -0.39 is 18.8 Å². The summed E-state index contributed by atoms with van der Waals surface area (Å²) >= 11 is 0. The number of alkyl halides is 3. The van der Waals surface area contributed by atoms with Gasteiger partial charge in [0.1, 0.15) is 6.61 Å². The number of likely N-dealkylation sites (tertiary alicyclic amines) is 1. The number of nitrogens with zero attached hydrogens (tertiary/aromatic N) is 1. The second-order valence-corrected chi connectivity index (χ2v) is 5.19. The van der Waals surface area contributed by atoms with Crippen LogP contribution in [0, 0.1) is 5.92 Å². The molecule has 1 rings (SSSR count). The highest BCUT2D eigenvalue weighted by Crippen LogP contribution is 2.21. The van der Waals surface area contributed by atoms with Gasteiger partial charge in [-0.25, -0.2) is 0 Å². The summed E-state index contributed by atoms with van der Waals surface area (Å²) < 4.78 is 40.0. The molecule has 1 saturated heterocycles. The molecule has 0 spiro atoms. The van der Waals surface area contributed by atoms with Crippen molar-refractivity contribution in [1.82, 2.24) is 4.90 Å². The summed E-state index contributed by atoms with van der Waals surface area (Å²) in [6.07, 6.45) is -2.29. The molecule has 122 valence electrons. The van der Waals surface area contributed by atoms with Gasteiger partial charge in [-0.15, -0.1) is 0 Å². The second kappa shape index (κ2) is 8.21. The number of halogens is 3. The van der Waals surface area contributed by atoms with Gasteiger partial charge in [-0.2, -0.15) is 13.2 Å². The van der Waals surface area contributed by atoms with Crippen LogP contribution in [0.2, 0.25) is 0 Å². The van der Waals surface area contributed by atoms with Gasteiger partial charge >= 0.3 is 12.1 Å². The number of amides is 1. The molecule has 1 fully saturated rings. The van der Waals surface area contributed by atoms with E-state index in [0.29, 0.717) is 25.9 Å². The highest BCUT2D eigenvalue weighted by molar-refractivity contribution is 5.76. The molecule has 0 aromatic rings. The molecule has 5 nitrogen and oxygen atoms in total. The van der Waals surface area contributed by atoms with E-state index in [1.165, 1.54) is 0 Å². The van der Waals surface area contributed by atoms with Crippen molar-refractivity contribution in [3.8, 4) is 0 Å². The SMILES string of the molecule is O=C(O)CC1CCCN(C(=O)CCOCC(F)(F)F)CC1. The van der Waals surface area contributed by atoms with Gasteiger partial charge in [0, 0.05) is 19.5 Å². The zero-order chi connectivity index (χ0) is 15.9. The second-order valence-electron chi connectivity index (χ2n) is 5.19. The molecule has 0 radical (unpaired) electrons. The van der Waals surface area contributed by atoms with Crippen molar-refractivity contribution in [3.05, 3.63) is 0 Å². The largest absolute Gasteiger partial charge is 0.481 e. The normalized spacial score (nSPS) is 20.1. The van der Waals surface area contributed by atoms with Crippen molar-refractivity contribution < 1.29 is 32.6 Å². The summed E-state index contributed by atoms with van der Waals surface area (Å²) in [6.45, 7) is -0.626. The Bertz CT molecular complexity index is 360. The number of hydrogen-bond donors (Lipinski definition) is 1. The van der Waals surface area contributed by atoms with E-state index >= 15 is 0 Å². The minimum absolute atomic E-state index is 0.0572. The van der Waals surface area contributed by atoms with Gasteiger partial charge in [0.25, 0.3) is 0 Å². The number of ether oxygens (including phenoxy) is 1. The molecular formula is C13H20F3NO4. The highest BCUT2D eigenvalue weighted by atomic mass is 19.4. The topological polar surface area (TPSA) is 66.8 Å². The smallest absolute Gasteiger partial charge is 0.411 e. The number of hydrogen-bond acceptors (Lipinski definition) is 3. The third-order valence-corrected chi connectivity index (χ3v) is 3.39. The lowest BCUT2D eigenvalue weighted by Crippen LogP contribution is -2.33. The van der Waals surface area contributed by atoms with Gasteiger partial charge in [0.05, 0.1) is 13.0 Å². The fourth-order valence-electron chi connectivity index (χ4n) is 2.37. The Morgan fingerprint density at radius 1 is 1.24 bits per heavy atom. The molecule has 0 aromatic heterocycles. The Labute approximate surface area is 121 Å². The van der Waals surface area contributed by atoms with E-state index in [1.54, 1.807) is 4.90 Å². The molecule has 0 aliphatic carbocycles. The summed E-state index contributed by atoms with van der Waals surface area (Å²) in [5, 5.41) is 8.75. The first-order valence-corrected chi connectivity index (χ1v) is 6.92. The van der Waals surface area contributed by atoms with Crippen molar-refractivity contribution in [2.45, 2.75) is 38.3 Å². The number of carbonyl (C=O) groups is 2. The molecule has 1 amide bonds. The van der Waals surface area contributed by atoms with Gasteiger partial charge in [-0.3, -0.25) is 9.59 Å². The van der Waals surface area contributed by atoms with Gasteiger partial charge in [-0.05, 0) is 25.2 Å². The van der Waals surface area contributed by atoms with Crippen LogP contribution in [-0.2, 0) is 14.3 Å². The Morgan fingerprint density at radius 2 is 1.95 bits per heavy atom. The zero-order valence-electron chi connectivity index (χ0n) is 11.7. The maximum Gasteiger partial charge on any atom is 0.411 e. The third kappa shape index (κ3) is 7.89. The summed E-state index contributed by atoms with van der Waals surface area (Å²) in [5.74, 6) is -1.03. The molecular weight excluding hydrogens is 291 g/mol. The first-order chi connectivity index (χ1) is 9.78. The lowest BCUT2D eigenvalue weighted by Gasteiger charge is -2.20. The predicted octanol–water partition coefficient (Wildman–Crippen LogP) is 2.06. The highest BCUT2D eigenvalue weighted by Gasteiger charge is 2.27. The molecule has 0 saturated carbocycles. The average Bonchev–Trinajstić information content (AvgIpc) is 2.58. The summed E-state index contributed by atoms with van der Waals surface area (Å²) in [4.78, 5) is 24.1. The van der Waals surface area contributed by atoms with Crippen LogP contribution in [0.3, 0.4) is 0 Å². The number of carboxylic acid groups (broad SMARTS) is 1. The number of rotatable bonds is 6. The summed E-state index contributed by atoms with van der Waals surface area (Å²) in [5.41, 5.74) is 0. The molecule has 0 aromatic carbocycles. The van der Waals surface area contributed by atoms with Crippen LogP contribution in [-0.4, -0.2) is 54.4 Å². The van der Waals surface area contributed by atoms with E-state index in [1.807, 2.05) is 0 Å². The molecule has 1 aliphatic rings. The van der Waals surface area contributed by atoms with Gasteiger partial charge in [0.2, 0.25) is 5.91 Å². The van der Waals surface area contributed by atoms with Crippen LogP contribution < -0.4 is 0 Å². The van der Waals surface area contributed by atoms with Gasteiger partial charge < -0.3 is 14.7 Å². The Hall–Kier alpha value is -1.31. The van der Waals surface area contributed by atoms with Crippen LogP contribution in [0.5, 0.6) is 0 Å². The van der Waals surface area contributed by atoms with Crippen LogP contribution in [0.1, 0.15) is 32.1 Å². The molecule has 1 unspecified atom stereocenters.